The normalized spacial score (nSPS) is 12.8. The van der Waals surface area contributed by atoms with Crippen LogP contribution in [0.4, 0.5) is 4.39 Å². The van der Waals surface area contributed by atoms with Gasteiger partial charge >= 0.3 is 0 Å². The van der Waals surface area contributed by atoms with Crippen molar-refractivity contribution in [2.24, 2.45) is 0 Å². The lowest BCUT2D eigenvalue weighted by atomic mass is 10.1. The highest BCUT2D eigenvalue weighted by Crippen LogP contribution is 2.22. The minimum atomic E-state index is -3.96. The van der Waals surface area contributed by atoms with Crippen molar-refractivity contribution in [2.45, 2.75) is 11.0 Å². The summed E-state index contributed by atoms with van der Waals surface area (Å²) in [6, 6.07) is 12.3. The third-order valence-corrected chi connectivity index (χ3v) is 4.79. The molecule has 0 aliphatic carbocycles. The first-order valence-electron chi connectivity index (χ1n) is 6.89. The molecule has 0 aliphatic rings. The highest BCUT2D eigenvalue weighted by molar-refractivity contribution is 7.89. The van der Waals surface area contributed by atoms with E-state index in [0.29, 0.717) is 5.75 Å². The second-order valence-electron chi connectivity index (χ2n) is 4.78. The minimum Gasteiger partial charge on any atom is -0.497 e. The van der Waals surface area contributed by atoms with E-state index in [2.05, 4.69) is 4.72 Å². The van der Waals surface area contributed by atoms with Gasteiger partial charge in [-0.3, -0.25) is 0 Å². The number of rotatable bonds is 7. The summed E-state index contributed by atoms with van der Waals surface area (Å²) in [5, 5.41) is 0. The standard InChI is InChI=1S/C16H18FNO4S/c1-21-13-7-5-6-12(10-13)15(22-2)11-18-23(19,20)16-9-4-3-8-14(16)17/h3-10,15,18H,11H2,1-2H3. The highest BCUT2D eigenvalue weighted by atomic mass is 32.2. The van der Waals surface area contributed by atoms with Crippen LogP contribution in [0.5, 0.6) is 5.75 Å². The fourth-order valence-corrected chi connectivity index (χ4v) is 3.21. The van der Waals surface area contributed by atoms with Gasteiger partial charge in [0.25, 0.3) is 0 Å². The number of nitrogens with one attached hydrogen (secondary N) is 1. The average Bonchev–Trinajstić information content (AvgIpc) is 2.56. The number of ether oxygens (including phenoxy) is 2. The summed E-state index contributed by atoms with van der Waals surface area (Å²) in [6.45, 7) is -0.0274. The van der Waals surface area contributed by atoms with Crippen LogP contribution in [-0.4, -0.2) is 29.2 Å². The summed E-state index contributed by atoms with van der Waals surface area (Å²) in [6.07, 6.45) is -0.522. The van der Waals surface area contributed by atoms with Crippen LogP contribution in [0, 0.1) is 5.82 Å². The van der Waals surface area contributed by atoms with E-state index in [4.69, 9.17) is 9.47 Å². The van der Waals surface area contributed by atoms with Crippen molar-refractivity contribution in [3.63, 3.8) is 0 Å². The van der Waals surface area contributed by atoms with Gasteiger partial charge in [0.15, 0.2) is 0 Å². The van der Waals surface area contributed by atoms with E-state index in [1.165, 1.54) is 25.3 Å². The van der Waals surface area contributed by atoms with Crippen molar-refractivity contribution in [3.05, 3.63) is 59.9 Å². The van der Waals surface area contributed by atoms with Gasteiger partial charge in [0.1, 0.15) is 16.5 Å². The van der Waals surface area contributed by atoms with E-state index in [1.54, 1.807) is 31.4 Å². The van der Waals surface area contributed by atoms with E-state index in [-0.39, 0.29) is 11.4 Å². The van der Waals surface area contributed by atoms with Gasteiger partial charge in [0, 0.05) is 13.7 Å². The third-order valence-electron chi connectivity index (χ3n) is 3.34. The summed E-state index contributed by atoms with van der Waals surface area (Å²) in [4.78, 5) is -0.388. The molecule has 124 valence electrons. The Labute approximate surface area is 135 Å². The van der Waals surface area contributed by atoms with Gasteiger partial charge in [-0.15, -0.1) is 0 Å². The Morgan fingerprint density at radius 2 is 1.87 bits per heavy atom. The molecule has 1 unspecified atom stereocenters. The Kier molecular flexibility index (Phi) is 5.70. The molecule has 0 aliphatic heterocycles. The fourth-order valence-electron chi connectivity index (χ4n) is 2.10. The number of methoxy groups -OCH3 is 2. The molecule has 7 heteroatoms. The molecule has 0 fully saturated rings. The Morgan fingerprint density at radius 3 is 2.52 bits per heavy atom. The van der Waals surface area contributed by atoms with E-state index in [1.807, 2.05) is 0 Å². The SMILES string of the molecule is COc1cccc(C(CNS(=O)(=O)c2ccccc2F)OC)c1. The van der Waals surface area contributed by atoms with Gasteiger partial charge in [-0.1, -0.05) is 24.3 Å². The van der Waals surface area contributed by atoms with Crippen molar-refractivity contribution in [2.75, 3.05) is 20.8 Å². The van der Waals surface area contributed by atoms with Crippen LogP contribution in [0.15, 0.2) is 53.4 Å². The Morgan fingerprint density at radius 1 is 1.13 bits per heavy atom. The monoisotopic (exact) mass is 339 g/mol. The molecular weight excluding hydrogens is 321 g/mol. The maximum Gasteiger partial charge on any atom is 0.243 e. The molecule has 1 atom stereocenters. The molecule has 2 rings (SSSR count). The first kappa shape index (κ1) is 17.4. The first-order chi connectivity index (χ1) is 11.0. The maximum absolute atomic E-state index is 13.6. The zero-order chi connectivity index (χ0) is 16.9. The predicted octanol–water partition coefficient (Wildman–Crippen LogP) is 2.50. The van der Waals surface area contributed by atoms with Crippen LogP contribution in [-0.2, 0) is 14.8 Å². The Bertz CT molecular complexity index is 764. The Balaban J connectivity index is 2.15. The van der Waals surface area contributed by atoms with Crippen LogP contribution < -0.4 is 9.46 Å². The van der Waals surface area contributed by atoms with Crippen molar-refractivity contribution in [3.8, 4) is 5.75 Å². The molecule has 0 saturated heterocycles. The van der Waals surface area contributed by atoms with Crippen molar-refractivity contribution in [1.82, 2.24) is 4.72 Å². The zero-order valence-electron chi connectivity index (χ0n) is 12.8. The summed E-state index contributed by atoms with van der Waals surface area (Å²) >= 11 is 0. The van der Waals surface area contributed by atoms with E-state index in [0.717, 1.165) is 11.6 Å². The first-order valence-corrected chi connectivity index (χ1v) is 8.37. The summed E-state index contributed by atoms with van der Waals surface area (Å²) < 4.78 is 50.9. The topological polar surface area (TPSA) is 64.6 Å². The summed E-state index contributed by atoms with van der Waals surface area (Å²) in [7, 11) is -0.939. The largest absolute Gasteiger partial charge is 0.497 e. The quantitative estimate of drug-likeness (QED) is 0.842. The molecule has 5 nitrogen and oxygen atoms in total. The molecule has 0 aromatic heterocycles. The third kappa shape index (κ3) is 4.28. The molecule has 0 saturated carbocycles. The van der Waals surface area contributed by atoms with Crippen LogP contribution in [0.3, 0.4) is 0 Å². The Hall–Kier alpha value is -1.96. The average molecular weight is 339 g/mol. The number of halogens is 1. The van der Waals surface area contributed by atoms with E-state index >= 15 is 0 Å². The summed E-state index contributed by atoms with van der Waals surface area (Å²) in [5.41, 5.74) is 0.753. The molecular formula is C16H18FNO4S. The van der Waals surface area contributed by atoms with Crippen LogP contribution in [0.25, 0.3) is 0 Å². The highest BCUT2D eigenvalue weighted by Gasteiger charge is 2.21. The van der Waals surface area contributed by atoms with Crippen molar-refractivity contribution >= 4 is 10.0 Å². The number of hydrogen-bond donors (Lipinski definition) is 1. The van der Waals surface area contributed by atoms with Gasteiger partial charge in [-0.05, 0) is 29.8 Å². The molecule has 2 aromatic carbocycles. The fraction of sp³-hybridized carbons (Fsp3) is 0.250. The molecule has 0 spiro atoms. The van der Waals surface area contributed by atoms with Gasteiger partial charge in [-0.2, -0.15) is 0 Å². The second-order valence-corrected chi connectivity index (χ2v) is 6.52. The van der Waals surface area contributed by atoms with E-state index in [9.17, 15) is 12.8 Å². The molecule has 23 heavy (non-hydrogen) atoms. The number of hydrogen-bond acceptors (Lipinski definition) is 4. The molecule has 0 amide bonds. The van der Waals surface area contributed by atoms with Crippen molar-refractivity contribution < 1.29 is 22.3 Å². The lowest BCUT2D eigenvalue weighted by Gasteiger charge is -2.17. The van der Waals surface area contributed by atoms with Crippen LogP contribution >= 0.6 is 0 Å². The predicted molar refractivity (Wildman–Crippen MR) is 84.3 cm³/mol. The summed E-state index contributed by atoms with van der Waals surface area (Å²) in [5.74, 6) is -0.156. The van der Waals surface area contributed by atoms with Gasteiger partial charge in [0.2, 0.25) is 10.0 Å². The number of benzene rings is 2. The van der Waals surface area contributed by atoms with Gasteiger partial charge in [-0.25, -0.2) is 17.5 Å². The van der Waals surface area contributed by atoms with Gasteiger partial charge in [0.05, 0.1) is 13.2 Å². The lowest BCUT2D eigenvalue weighted by Crippen LogP contribution is -2.29. The lowest BCUT2D eigenvalue weighted by molar-refractivity contribution is 0.107. The van der Waals surface area contributed by atoms with Crippen molar-refractivity contribution in [1.29, 1.82) is 0 Å². The maximum atomic E-state index is 13.6. The molecule has 0 bridgehead atoms. The van der Waals surface area contributed by atoms with Crippen LogP contribution in [0.2, 0.25) is 0 Å². The molecule has 1 N–H and O–H groups in total. The van der Waals surface area contributed by atoms with E-state index < -0.39 is 21.9 Å². The minimum absolute atomic E-state index is 0.0274. The molecule has 2 aromatic rings. The molecule has 0 radical (unpaired) electrons. The zero-order valence-corrected chi connectivity index (χ0v) is 13.6. The smallest absolute Gasteiger partial charge is 0.243 e. The van der Waals surface area contributed by atoms with Crippen LogP contribution in [0.1, 0.15) is 11.7 Å². The van der Waals surface area contributed by atoms with Gasteiger partial charge < -0.3 is 9.47 Å². The molecule has 0 heterocycles. The second kappa shape index (κ2) is 7.54. The number of sulfonamides is 1.